The summed E-state index contributed by atoms with van der Waals surface area (Å²) < 4.78 is 16.9. The number of hydrogen-bond donors (Lipinski definition) is 0. The van der Waals surface area contributed by atoms with Crippen LogP contribution in [0.25, 0.3) is 0 Å². The first-order valence-corrected chi connectivity index (χ1v) is 34.0. The van der Waals surface area contributed by atoms with Crippen molar-refractivity contribution in [3.63, 3.8) is 0 Å². The maximum atomic E-state index is 12.9. The molecule has 0 saturated heterocycles. The molecule has 0 bridgehead atoms. The van der Waals surface area contributed by atoms with Gasteiger partial charge in [-0.25, -0.2) is 0 Å². The van der Waals surface area contributed by atoms with E-state index < -0.39 is 6.10 Å². The number of esters is 3. The molecule has 1 unspecified atom stereocenters. The van der Waals surface area contributed by atoms with Gasteiger partial charge in [-0.15, -0.1) is 0 Å². The van der Waals surface area contributed by atoms with Crippen molar-refractivity contribution in [3.8, 4) is 0 Å². The molecule has 83 heavy (non-hydrogen) atoms. The first kappa shape index (κ1) is 78.0. The van der Waals surface area contributed by atoms with E-state index in [1.165, 1.54) is 103 Å². The van der Waals surface area contributed by atoms with Gasteiger partial charge in [0.25, 0.3) is 0 Å². The predicted octanol–water partition coefficient (Wildman–Crippen LogP) is 23.7. The summed E-state index contributed by atoms with van der Waals surface area (Å²) in [6, 6.07) is 0. The van der Waals surface area contributed by atoms with E-state index in [-0.39, 0.29) is 31.1 Å². The lowest BCUT2D eigenvalue weighted by Crippen LogP contribution is -2.30. The average molecular weight is 1150 g/mol. The number of rotatable bonds is 60. The minimum absolute atomic E-state index is 0.111. The van der Waals surface area contributed by atoms with Crippen LogP contribution in [0.3, 0.4) is 0 Å². The molecular weight excluding hydrogens is 1020 g/mol. The molecule has 0 aliphatic heterocycles. The summed E-state index contributed by atoms with van der Waals surface area (Å²) in [6.45, 7) is 6.36. The van der Waals surface area contributed by atoms with E-state index in [0.29, 0.717) is 25.7 Å². The van der Waals surface area contributed by atoms with E-state index in [2.05, 4.69) is 179 Å². The molecule has 0 fully saturated rings. The van der Waals surface area contributed by atoms with Crippen LogP contribution in [0.2, 0.25) is 0 Å². The van der Waals surface area contributed by atoms with Crippen molar-refractivity contribution in [2.75, 3.05) is 13.2 Å². The topological polar surface area (TPSA) is 78.9 Å². The van der Waals surface area contributed by atoms with Gasteiger partial charge in [0.1, 0.15) is 13.2 Å². The summed E-state index contributed by atoms with van der Waals surface area (Å²) >= 11 is 0. The molecule has 0 radical (unpaired) electrons. The number of hydrogen-bond acceptors (Lipinski definition) is 6. The maximum absolute atomic E-state index is 12.9. The highest BCUT2D eigenvalue weighted by atomic mass is 16.6. The van der Waals surface area contributed by atoms with Crippen LogP contribution in [0.1, 0.15) is 290 Å². The fourth-order valence-electron chi connectivity index (χ4n) is 8.97. The third-order valence-corrected chi connectivity index (χ3v) is 14.0. The normalized spacial score (nSPS) is 13.1. The van der Waals surface area contributed by atoms with Gasteiger partial charge in [0.15, 0.2) is 6.10 Å². The Morgan fingerprint density at radius 3 is 0.771 bits per heavy atom. The molecule has 0 saturated carbocycles. The van der Waals surface area contributed by atoms with Crippen molar-refractivity contribution in [3.05, 3.63) is 158 Å². The van der Waals surface area contributed by atoms with Crippen molar-refractivity contribution in [1.29, 1.82) is 0 Å². The fraction of sp³-hybridized carbons (Fsp3) is 0.623. The molecule has 6 nitrogen and oxygen atoms in total. The molecule has 0 N–H and O–H groups in total. The molecule has 0 spiro atoms. The van der Waals surface area contributed by atoms with Gasteiger partial charge in [0.05, 0.1) is 0 Å². The first-order chi connectivity index (χ1) is 41.0. The van der Waals surface area contributed by atoms with Crippen LogP contribution in [0.4, 0.5) is 0 Å². The third-order valence-electron chi connectivity index (χ3n) is 14.0. The summed E-state index contributed by atoms with van der Waals surface area (Å²) in [5.74, 6) is -0.977. The van der Waals surface area contributed by atoms with Crippen molar-refractivity contribution in [2.24, 2.45) is 0 Å². The van der Waals surface area contributed by atoms with Crippen LogP contribution in [0.5, 0.6) is 0 Å². The molecule has 6 heteroatoms. The molecule has 0 aliphatic carbocycles. The highest BCUT2D eigenvalue weighted by molar-refractivity contribution is 5.71. The minimum Gasteiger partial charge on any atom is -0.462 e. The van der Waals surface area contributed by atoms with Crippen LogP contribution >= 0.6 is 0 Å². The molecule has 0 aliphatic rings. The van der Waals surface area contributed by atoms with Crippen LogP contribution in [-0.4, -0.2) is 37.2 Å². The Bertz CT molecular complexity index is 1840. The van der Waals surface area contributed by atoms with Gasteiger partial charge >= 0.3 is 17.9 Å². The van der Waals surface area contributed by atoms with Gasteiger partial charge in [-0.3, -0.25) is 14.4 Å². The Hall–Kier alpha value is -4.97. The summed E-state index contributed by atoms with van der Waals surface area (Å²) in [4.78, 5) is 38.4. The van der Waals surface area contributed by atoms with Crippen molar-refractivity contribution >= 4 is 17.9 Å². The largest absolute Gasteiger partial charge is 0.462 e. The Labute approximate surface area is 511 Å². The third kappa shape index (κ3) is 67.7. The first-order valence-electron chi connectivity index (χ1n) is 34.0. The maximum Gasteiger partial charge on any atom is 0.306 e. The molecule has 0 aromatic heterocycles. The molecular formula is C77H124O6. The van der Waals surface area contributed by atoms with Gasteiger partial charge < -0.3 is 14.2 Å². The molecule has 0 aromatic rings. The van der Waals surface area contributed by atoms with E-state index in [9.17, 15) is 14.4 Å². The zero-order chi connectivity index (χ0) is 59.9. The Morgan fingerprint density at radius 1 is 0.253 bits per heavy atom. The minimum atomic E-state index is -0.816. The standard InChI is InChI=1S/C77H124O6/c1-4-7-10-13-16-19-22-25-28-30-32-34-35-36-37-38-39-40-41-43-44-46-49-52-55-58-61-64-67-70-76(79)82-73-74(72-81-75(78)69-66-63-60-57-54-51-48-27-24-21-18-15-12-9-6-3)83-77(80)71-68-65-62-59-56-53-50-47-45-42-33-31-29-26-23-20-17-14-11-8-5-2/h7,9-10,12,16,18-19,21,25,27-28,31-34,36-37,39-40,43-44,48-49,52,54,57,74H,4-6,8,11,13-15,17,20,22-24,26,29-30,35,38,41-42,45-47,50-51,53,55-56,58-73H2,1-3H3/b10-7-,12-9-,19-16-,21-18-,28-25-,33-31-,34-32-,37-36-,40-39-,44-43-,48-27-,52-49-,57-54-. The Morgan fingerprint density at radius 2 is 0.470 bits per heavy atom. The second-order valence-electron chi connectivity index (χ2n) is 22.0. The van der Waals surface area contributed by atoms with Crippen LogP contribution < -0.4 is 0 Å². The highest BCUT2D eigenvalue weighted by Crippen LogP contribution is 2.15. The lowest BCUT2D eigenvalue weighted by molar-refractivity contribution is -0.167. The Balaban J connectivity index is 4.46. The second-order valence-corrected chi connectivity index (χ2v) is 22.0. The monoisotopic (exact) mass is 1140 g/mol. The summed E-state index contributed by atoms with van der Waals surface area (Å²) in [5, 5.41) is 0. The number of allylic oxidation sites excluding steroid dienone is 26. The summed E-state index contributed by atoms with van der Waals surface area (Å²) in [5.41, 5.74) is 0. The van der Waals surface area contributed by atoms with Gasteiger partial charge in [0, 0.05) is 19.3 Å². The van der Waals surface area contributed by atoms with Crippen molar-refractivity contribution in [2.45, 2.75) is 297 Å². The van der Waals surface area contributed by atoms with E-state index in [1.54, 1.807) is 0 Å². The van der Waals surface area contributed by atoms with E-state index >= 15 is 0 Å². The van der Waals surface area contributed by atoms with Gasteiger partial charge in [-0.05, 0) is 148 Å². The molecule has 0 amide bonds. The van der Waals surface area contributed by atoms with Gasteiger partial charge in [-0.2, -0.15) is 0 Å². The fourth-order valence-corrected chi connectivity index (χ4v) is 8.97. The van der Waals surface area contributed by atoms with Gasteiger partial charge in [-0.1, -0.05) is 281 Å². The van der Waals surface area contributed by atoms with E-state index in [1.807, 2.05) is 0 Å². The van der Waals surface area contributed by atoms with E-state index in [4.69, 9.17) is 14.2 Å². The number of carbonyl (C=O) groups is 3. The lowest BCUT2D eigenvalue weighted by Gasteiger charge is -2.18. The summed E-state index contributed by atoms with van der Waals surface area (Å²) in [6.07, 6.45) is 101. The zero-order valence-corrected chi connectivity index (χ0v) is 53.7. The number of carbonyl (C=O) groups excluding carboxylic acids is 3. The van der Waals surface area contributed by atoms with Gasteiger partial charge in [0.2, 0.25) is 0 Å². The smallest absolute Gasteiger partial charge is 0.306 e. The van der Waals surface area contributed by atoms with Crippen LogP contribution in [-0.2, 0) is 28.6 Å². The average Bonchev–Trinajstić information content (AvgIpc) is 3.49. The lowest BCUT2D eigenvalue weighted by atomic mass is 10.1. The molecule has 0 heterocycles. The Kier molecular flexibility index (Phi) is 65.4. The second kappa shape index (κ2) is 69.5. The molecule has 0 rings (SSSR count). The number of unbranched alkanes of at least 4 members (excludes halogenated alkanes) is 23. The van der Waals surface area contributed by atoms with Crippen LogP contribution in [0.15, 0.2) is 158 Å². The quantitative estimate of drug-likeness (QED) is 0.0261. The highest BCUT2D eigenvalue weighted by Gasteiger charge is 2.19. The zero-order valence-electron chi connectivity index (χ0n) is 53.7. The SMILES string of the molecule is CC/C=C\C/C=C\C/C=C\C/C=C\C/C=C\C/C=C\C/C=C\C/C=C\CCCCCCC(=O)OCC(COC(=O)CCCC/C=C\C/C=C\C/C=C\C/C=C\CC)OC(=O)CCCCCCCCCCC/C=C\CCCCCCCCCC. The van der Waals surface area contributed by atoms with Crippen molar-refractivity contribution in [1.82, 2.24) is 0 Å². The van der Waals surface area contributed by atoms with Crippen molar-refractivity contribution < 1.29 is 28.6 Å². The predicted molar refractivity (Wildman–Crippen MR) is 362 cm³/mol. The van der Waals surface area contributed by atoms with E-state index in [0.717, 1.165) is 141 Å². The summed E-state index contributed by atoms with van der Waals surface area (Å²) in [7, 11) is 0. The molecule has 468 valence electrons. The molecule has 0 aromatic carbocycles. The molecule has 1 atom stereocenters. The van der Waals surface area contributed by atoms with Crippen LogP contribution in [0, 0.1) is 0 Å². The number of ether oxygens (including phenoxy) is 3.